The monoisotopic (exact) mass is 292 g/mol. The van der Waals surface area contributed by atoms with Crippen molar-refractivity contribution in [3.05, 3.63) is 39.1 Å². The summed E-state index contributed by atoms with van der Waals surface area (Å²) in [7, 11) is 0. The van der Waals surface area contributed by atoms with Crippen LogP contribution in [0.1, 0.15) is 38.6 Å². The van der Waals surface area contributed by atoms with Gasteiger partial charge in [-0.3, -0.25) is 14.3 Å². The summed E-state index contributed by atoms with van der Waals surface area (Å²) in [6, 6.07) is -0.236. The highest BCUT2D eigenvalue weighted by atomic mass is 16.2. The molecule has 21 heavy (non-hydrogen) atoms. The van der Waals surface area contributed by atoms with Crippen molar-refractivity contribution in [3.63, 3.8) is 0 Å². The molecule has 2 rings (SSSR count). The van der Waals surface area contributed by atoms with Crippen LogP contribution in [-0.2, 0) is 6.54 Å². The molecule has 0 aliphatic rings. The number of unbranched alkanes of at least 4 members (excludes halogenated alkanes) is 1. The molecular formula is C13H20N6O2. The summed E-state index contributed by atoms with van der Waals surface area (Å²) in [4.78, 5) is 33.1. The minimum atomic E-state index is -0.524. The Kier molecular flexibility index (Phi) is 4.46. The molecule has 5 N–H and O–H groups in total. The standard InChI is InChI=1S/C13H20N6O2/c1-3-4-7-19-10(14)9(12(20)18-13(19)21)17-8(2)11-15-5-6-16-11/h5-6,8,17H,3-4,7,14H2,1-2H3,(H,15,16)(H,18,20,21). The number of nitrogens with zero attached hydrogens (tertiary/aromatic N) is 2. The van der Waals surface area contributed by atoms with Crippen LogP contribution in [0.3, 0.4) is 0 Å². The molecule has 2 heterocycles. The van der Waals surface area contributed by atoms with Crippen molar-refractivity contribution in [2.24, 2.45) is 0 Å². The van der Waals surface area contributed by atoms with Gasteiger partial charge in [0.15, 0.2) is 0 Å². The molecule has 2 aromatic rings. The molecule has 0 bridgehead atoms. The van der Waals surface area contributed by atoms with Crippen molar-refractivity contribution in [2.75, 3.05) is 11.1 Å². The van der Waals surface area contributed by atoms with Crippen LogP contribution >= 0.6 is 0 Å². The maximum atomic E-state index is 11.9. The van der Waals surface area contributed by atoms with Crippen molar-refractivity contribution in [2.45, 2.75) is 39.3 Å². The van der Waals surface area contributed by atoms with Crippen LogP contribution in [0.5, 0.6) is 0 Å². The van der Waals surface area contributed by atoms with Gasteiger partial charge in [0.05, 0.1) is 6.04 Å². The summed E-state index contributed by atoms with van der Waals surface area (Å²) in [6.45, 7) is 4.34. The molecule has 0 aliphatic carbocycles. The molecular weight excluding hydrogens is 272 g/mol. The zero-order chi connectivity index (χ0) is 15.4. The SMILES string of the molecule is CCCCn1c(N)c(NC(C)c2ncc[nH]2)c(=O)[nH]c1=O. The van der Waals surface area contributed by atoms with Gasteiger partial charge in [-0.15, -0.1) is 0 Å². The van der Waals surface area contributed by atoms with Gasteiger partial charge < -0.3 is 16.0 Å². The Morgan fingerprint density at radius 1 is 1.48 bits per heavy atom. The third-order valence-electron chi connectivity index (χ3n) is 3.27. The van der Waals surface area contributed by atoms with Gasteiger partial charge in [0.2, 0.25) is 0 Å². The van der Waals surface area contributed by atoms with E-state index in [1.165, 1.54) is 4.57 Å². The zero-order valence-electron chi connectivity index (χ0n) is 12.1. The number of nitrogens with one attached hydrogen (secondary N) is 3. The average molecular weight is 292 g/mol. The van der Waals surface area contributed by atoms with Crippen molar-refractivity contribution in [3.8, 4) is 0 Å². The van der Waals surface area contributed by atoms with Gasteiger partial charge in [0, 0.05) is 18.9 Å². The molecule has 0 fully saturated rings. The number of H-pyrrole nitrogens is 2. The molecule has 8 nitrogen and oxygen atoms in total. The fraction of sp³-hybridized carbons (Fsp3) is 0.462. The highest BCUT2D eigenvalue weighted by Crippen LogP contribution is 2.17. The number of aromatic amines is 2. The lowest BCUT2D eigenvalue weighted by Gasteiger charge is -2.16. The minimum absolute atomic E-state index is 0.149. The van der Waals surface area contributed by atoms with Crippen LogP contribution < -0.4 is 22.3 Å². The summed E-state index contributed by atoms with van der Waals surface area (Å²) in [5.41, 5.74) is 5.16. The number of nitrogens with two attached hydrogens (primary N) is 1. The van der Waals surface area contributed by atoms with Gasteiger partial charge in [-0.05, 0) is 13.3 Å². The number of hydrogen-bond donors (Lipinski definition) is 4. The predicted molar refractivity (Wildman–Crippen MR) is 81.3 cm³/mol. The lowest BCUT2D eigenvalue weighted by Crippen LogP contribution is -2.34. The first-order chi connectivity index (χ1) is 10.0. The first-order valence-electron chi connectivity index (χ1n) is 6.93. The van der Waals surface area contributed by atoms with E-state index in [0.29, 0.717) is 12.4 Å². The largest absolute Gasteiger partial charge is 0.383 e. The third-order valence-corrected chi connectivity index (χ3v) is 3.27. The van der Waals surface area contributed by atoms with E-state index in [4.69, 9.17) is 5.73 Å². The van der Waals surface area contributed by atoms with E-state index in [-0.39, 0.29) is 17.5 Å². The first kappa shape index (κ1) is 14.9. The molecule has 0 spiro atoms. The van der Waals surface area contributed by atoms with Crippen molar-refractivity contribution < 1.29 is 0 Å². The van der Waals surface area contributed by atoms with Crippen molar-refractivity contribution in [1.29, 1.82) is 0 Å². The van der Waals surface area contributed by atoms with E-state index in [1.807, 2.05) is 13.8 Å². The zero-order valence-corrected chi connectivity index (χ0v) is 12.1. The summed E-state index contributed by atoms with van der Waals surface area (Å²) >= 11 is 0. The molecule has 8 heteroatoms. The number of aromatic nitrogens is 4. The fourth-order valence-electron chi connectivity index (χ4n) is 2.06. The molecule has 114 valence electrons. The van der Waals surface area contributed by atoms with E-state index in [2.05, 4.69) is 20.3 Å². The van der Waals surface area contributed by atoms with Crippen molar-refractivity contribution >= 4 is 11.5 Å². The maximum Gasteiger partial charge on any atom is 0.330 e. The normalized spacial score (nSPS) is 12.3. The Labute approximate surface area is 121 Å². The van der Waals surface area contributed by atoms with E-state index in [9.17, 15) is 9.59 Å². The molecule has 0 aliphatic heterocycles. The quantitative estimate of drug-likeness (QED) is 0.628. The van der Waals surface area contributed by atoms with Gasteiger partial charge in [-0.2, -0.15) is 0 Å². The lowest BCUT2D eigenvalue weighted by molar-refractivity contribution is 0.604. The summed E-state index contributed by atoms with van der Waals surface area (Å²) < 4.78 is 1.38. The highest BCUT2D eigenvalue weighted by molar-refractivity contribution is 5.61. The lowest BCUT2D eigenvalue weighted by atomic mass is 10.3. The molecule has 0 radical (unpaired) electrons. The fourth-order valence-corrected chi connectivity index (χ4v) is 2.06. The van der Waals surface area contributed by atoms with Crippen LogP contribution in [0.4, 0.5) is 11.5 Å². The van der Waals surface area contributed by atoms with Gasteiger partial charge in [-0.1, -0.05) is 13.3 Å². The Balaban J connectivity index is 2.34. The van der Waals surface area contributed by atoms with Gasteiger partial charge in [0.25, 0.3) is 5.56 Å². The summed E-state index contributed by atoms with van der Waals surface area (Å²) in [6.07, 6.45) is 5.06. The van der Waals surface area contributed by atoms with Crippen LogP contribution in [0.25, 0.3) is 0 Å². The summed E-state index contributed by atoms with van der Waals surface area (Å²) in [5.74, 6) is 0.829. The number of imidazole rings is 1. The molecule has 0 amide bonds. The molecule has 0 saturated heterocycles. The van der Waals surface area contributed by atoms with E-state index in [0.717, 1.165) is 12.8 Å². The number of rotatable bonds is 6. The Hall–Kier alpha value is -2.51. The van der Waals surface area contributed by atoms with Gasteiger partial charge in [-0.25, -0.2) is 9.78 Å². The second kappa shape index (κ2) is 6.29. The van der Waals surface area contributed by atoms with Gasteiger partial charge >= 0.3 is 5.69 Å². The topological polar surface area (TPSA) is 122 Å². The predicted octanol–water partition coefficient (Wildman–Crippen LogP) is 0.815. The highest BCUT2D eigenvalue weighted by Gasteiger charge is 2.16. The second-order valence-corrected chi connectivity index (χ2v) is 4.87. The van der Waals surface area contributed by atoms with Gasteiger partial charge in [0.1, 0.15) is 17.3 Å². The van der Waals surface area contributed by atoms with Crippen molar-refractivity contribution in [1.82, 2.24) is 19.5 Å². The first-order valence-corrected chi connectivity index (χ1v) is 6.93. The number of nitrogen functional groups attached to an aromatic ring is 1. The third kappa shape index (κ3) is 3.15. The van der Waals surface area contributed by atoms with E-state index < -0.39 is 11.2 Å². The Morgan fingerprint density at radius 2 is 2.24 bits per heavy atom. The molecule has 1 unspecified atom stereocenters. The van der Waals surface area contributed by atoms with E-state index in [1.54, 1.807) is 12.4 Å². The Morgan fingerprint density at radius 3 is 2.86 bits per heavy atom. The summed E-state index contributed by atoms with van der Waals surface area (Å²) in [5, 5.41) is 3.00. The second-order valence-electron chi connectivity index (χ2n) is 4.87. The maximum absolute atomic E-state index is 11.9. The van der Waals surface area contributed by atoms with Crippen LogP contribution in [0.2, 0.25) is 0 Å². The van der Waals surface area contributed by atoms with Crippen LogP contribution in [-0.4, -0.2) is 19.5 Å². The number of hydrogen-bond acceptors (Lipinski definition) is 5. The Bertz CT molecular complexity index is 700. The van der Waals surface area contributed by atoms with E-state index >= 15 is 0 Å². The minimum Gasteiger partial charge on any atom is -0.383 e. The molecule has 0 aromatic carbocycles. The molecule has 2 aromatic heterocycles. The number of anilines is 2. The van der Waals surface area contributed by atoms with Crippen LogP contribution in [0.15, 0.2) is 22.0 Å². The van der Waals surface area contributed by atoms with Crippen LogP contribution in [0, 0.1) is 0 Å². The smallest absolute Gasteiger partial charge is 0.330 e. The molecule has 0 saturated carbocycles. The average Bonchev–Trinajstić information content (AvgIpc) is 2.97. The molecule has 1 atom stereocenters.